The lowest BCUT2D eigenvalue weighted by molar-refractivity contribution is -0.385. The Kier molecular flexibility index (Phi) is 4.61. The second-order valence-electron chi connectivity index (χ2n) is 6.49. The molecular formula is C17H15ClN2O6S. The van der Waals surface area contributed by atoms with Crippen molar-refractivity contribution < 1.29 is 23.2 Å². The molecule has 0 saturated heterocycles. The fourth-order valence-corrected chi connectivity index (χ4v) is 5.80. The zero-order valence-corrected chi connectivity index (χ0v) is 15.6. The molecule has 0 aliphatic carbocycles. The molecule has 2 atom stereocenters. The zero-order valence-electron chi connectivity index (χ0n) is 14.0. The predicted molar refractivity (Wildman–Crippen MR) is 98.8 cm³/mol. The maximum absolute atomic E-state index is 13.4. The van der Waals surface area contributed by atoms with E-state index in [1.165, 1.54) is 49.4 Å². The third-order valence-electron chi connectivity index (χ3n) is 4.51. The fourth-order valence-electron chi connectivity index (χ4n) is 3.50. The number of nitro groups is 1. The van der Waals surface area contributed by atoms with Crippen molar-refractivity contribution in [2.75, 3.05) is 5.32 Å². The van der Waals surface area contributed by atoms with Crippen LogP contribution in [0.15, 0.2) is 47.4 Å². The summed E-state index contributed by atoms with van der Waals surface area (Å²) in [4.78, 5) is 22.1. The molecule has 8 nitrogen and oxygen atoms in total. The number of hydrogen-bond donors (Lipinski definition) is 2. The van der Waals surface area contributed by atoms with E-state index in [9.17, 15) is 28.4 Å². The standard InChI is InChI=1S/C17H15ClN2O6S/c1-17(9-14(21)22)16(27(25,26)11-7-5-10(18)6-8-11)15-12(19-17)3-2-4-13(15)20(23)24/h2-8,16,19H,9H2,1H3,(H,21,22). The Bertz CT molecular complexity index is 1040. The summed E-state index contributed by atoms with van der Waals surface area (Å²) in [6.07, 6.45) is -0.545. The van der Waals surface area contributed by atoms with Gasteiger partial charge in [0.1, 0.15) is 5.25 Å². The number of nitrogens with zero attached hydrogens (tertiary/aromatic N) is 1. The van der Waals surface area contributed by atoms with Gasteiger partial charge in [0, 0.05) is 16.8 Å². The Labute approximate surface area is 159 Å². The molecule has 2 aromatic carbocycles. The molecule has 0 bridgehead atoms. The van der Waals surface area contributed by atoms with Gasteiger partial charge in [-0.15, -0.1) is 0 Å². The van der Waals surface area contributed by atoms with Crippen LogP contribution in [-0.2, 0) is 14.6 Å². The first-order valence-electron chi connectivity index (χ1n) is 7.83. The van der Waals surface area contributed by atoms with Crippen molar-refractivity contribution >= 4 is 38.8 Å². The van der Waals surface area contributed by atoms with Crippen LogP contribution in [-0.4, -0.2) is 30.0 Å². The highest BCUT2D eigenvalue weighted by atomic mass is 35.5. The molecule has 2 unspecified atom stereocenters. The highest BCUT2D eigenvalue weighted by molar-refractivity contribution is 7.91. The molecule has 2 aromatic rings. The number of halogens is 1. The smallest absolute Gasteiger partial charge is 0.305 e. The van der Waals surface area contributed by atoms with Gasteiger partial charge in [0.15, 0.2) is 9.84 Å². The number of fused-ring (bicyclic) bond motifs is 1. The number of carbonyl (C=O) groups is 1. The van der Waals surface area contributed by atoms with Gasteiger partial charge in [-0.3, -0.25) is 14.9 Å². The number of sulfone groups is 1. The van der Waals surface area contributed by atoms with Gasteiger partial charge in [0.2, 0.25) is 0 Å². The molecule has 142 valence electrons. The monoisotopic (exact) mass is 410 g/mol. The number of anilines is 1. The van der Waals surface area contributed by atoms with Crippen LogP contribution in [0.25, 0.3) is 0 Å². The van der Waals surface area contributed by atoms with Crippen molar-refractivity contribution in [1.82, 2.24) is 0 Å². The summed E-state index contributed by atoms with van der Waals surface area (Å²) in [5, 5.41) is 22.6. The summed E-state index contributed by atoms with van der Waals surface area (Å²) in [6, 6.07) is 9.51. The quantitative estimate of drug-likeness (QED) is 0.571. The van der Waals surface area contributed by atoms with Crippen LogP contribution in [0.1, 0.15) is 24.2 Å². The Morgan fingerprint density at radius 2 is 1.93 bits per heavy atom. The first-order chi connectivity index (χ1) is 12.6. The van der Waals surface area contributed by atoms with Crippen LogP contribution < -0.4 is 5.32 Å². The van der Waals surface area contributed by atoms with Gasteiger partial charge in [-0.05, 0) is 37.3 Å². The van der Waals surface area contributed by atoms with Gasteiger partial charge >= 0.3 is 5.97 Å². The lowest BCUT2D eigenvalue weighted by Gasteiger charge is -2.30. The summed E-state index contributed by atoms with van der Waals surface area (Å²) in [5.74, 6) is -1.23. The number of benzene rings is 2. The lowest BCUT2D eigenvalue weighted by Crippen LogP contribution is -2.42. The Morgan fingerprint density at radius 3 is 2.48 bits per heavy atom. The first-order valence-corrected chi connectivity index (χ1v) is 9.75. The maximum atomic E-state index is 13.4. The normalized spacial score (nSPS) is 21.3. The van der Waals surface area contributed by atoms with Crippen molar-refractivity contribution in [2.45, 2.75) is 29.0 Å². The van der Waals surface area contributed by atoms with E-state index in [4.69, 9.17) is 11.6 Å². The zero-order chi connectivity index (χ0) is 20.0. The average Bonchev–Trinajstić information content (AvgIpc) is 2.85. The molecule has 0 aromatic heterocycles. The molecule has 1 aliphatic rings. The van der Waals surface area contributed by atoms with E-state index >= 15 is 0 Å². The van der Waals surface area contributed by atoms with Crippen LogP contribution in [0.5, 0.6) is 0 Å². The summed E-state index contributed by atoms with van der Waals surface area (Å²) in [6.45, 7) is 1.43. The highest BCUT2D eigenvalue weighted by Gasteiger charge is 2.54. The summed E-state index contributed by atoms with van der Waals surface area (Å²) in [5.41, 5.74) is -1.66. The van der Waals surface area contributed by atoms with E-state index in [2.05, 4.69) is 5.32 Å². The lowest BCUT2D eigenvalue weighted by atomic mass is 9.92. The largest absolute Gasteiger partial charge is 0.481 e. The topological polar surface area (TPSA) is 127 Å². The predicted octanol–water partition coefficient (Wildman–Crippen LogP) is 3.42. The minimum absolute atomic E-state index is 0.0406. The molecule has 10 heteroatoms. The number of nitro benzene ring substituents is 1. The molecule has 0 amide bonds. The van der Waals surface area contributed by atoms with E-state index in [-0.39, 0.29) is 21.8 Å². The van der Waals surface area contributed by atoms with Crippen molar-refractivity contribution in [3.8, 4) is 0 Å². The number of rotatable bonds is 5. The van der Waals surface area contributed by atoms with Crippen LogP contribution in [0.3, 0.4) is 0 Å². The van der Waals surface area contributed by atoms with E-state index in [1.807, 2.05) is 0 Å². The van der Waals surface area contributed by atoms with E-state index in [0.717, 1.165) is 0 Å². The van der Waals surface area contributed by atoms with Crippen molar-refractivity contribution in [3.05, 3.63) is 63.2 Å². The third kappa shape index (κ3) is 3.24. The SMILES string of the molecule is CC1(CC(=O)O)Nc2cccc([N+](=O)[O-])c2C1S(=O)(=O)c1ccc(Cl)cc1. The third-order valence-corrected chi connectivity index (χ3v) is 7.07. The maximum Gasteiger partial charge on any atom is 0.305 e. The molecule has 0 spiro atoms. The Morgan fingerprint density at radius 1 is 1.30 bits per heavy atom. The molecule has 0 radical (unpaired) electrons. The summed E-state index contributed by atoms with van der Waals surface area (Å²) < 4.78 is 26.8. The Balaban J connectivity index is 2.28. The second-order valence-corrected chi connectivity index (χ2v) is 8.96. The number of hydrogen-bond acceptors (Lipinski definition) is 6. The van der Waals surface area contributed by atoms with Gasteiger partial charge in [0.25, 0.3) is 5.69 Å². The number of nitrogens with one attached hydrogen (secondary N) is 1. The van der Waals surface area contributed by atoms with E-state index in [1.54, 1.807) is 0 Å². The summed E-state index contributed by atoms with van der Waals surface area (Å²) >= 11 is 5.82. The number of carboxylic acid groups (broad SMARTS) is 1. The molecule has 27 heavy (non-hydrogen) atoms. The van der Waals surface area contributed by atoms with Crippen LogP contribution in [0.4, 0.5) is 11.4 Å². The van der Waals surface area contributed by atoms with E-state index in [0.29, 0.717) is 5.02 Å². The second kappa shape index (κ2) is 6.50. The fraction of sp³-hybridized carbons (Fsp3) is 0.235. The van der Waals surface area contributed by atoms with Gasteiger partial charge in [-0.2, -0.15) is 0 Å². The van der Waals surface area contributed by atoms with Crippen LogP contribution in [0, 0.1) is 10.1 Å². The van der Waals surface area contributed by atoms with Gasteiger partial charge in [-0.1, -0.05) is 17.7 Å². The molecule has 1 heterocycles. The van der Waals surface area contributed by atoms with Crippen molar-refractivity contribution in [1.29, 1.82) is 0 Å². The number of aliphatic carboxylic acids is 1. The highest BCUT2D eigenvalue weighted by Crippen LogP contribution is 2.52. The number of carboxylic acids is 1. The molecule has 3 rings (SSSR count). The first kappa shape index (κ1) is 19.1. The molecule has 2 N–H and O–H groups in total. The molecule has 0 saturated carbocycles. The van der Waals surface area contributed by atoms with Gasteiger partial charge in [-0.25, -0.2) is 8.42 Å². The average molecular weight is 411 g/mol. The van der Waals surface area contributed by atoms with E-state index < -0.39 is 37.9 Å². The minimum atomic E-state index is -4.17. The van der Waals surface area contributed by atoms with Crippen LogP contribution in [0.2, 0.25) is 5.02 Å². The minimum Gasteiger partial charge on any atom is -0.481 e. The van der Waals surface area contributed by atoms with Gasteiger partial charge < -0.3 is 10.4 Å². The molecule has 0 fully saturated rings. The van der Waals surface area contributed by atoms with Crippen molar-refractivity contribution in [2.24, 2.45) is 0 Å². The summed E-state index contributed by atoms with van der Waals surface area (Å²) in [7, 11) is -4.17. The van der Waals surface area contributed by atoms with Crippen molar-refractivity contribution in [3.63, 3.8) is 0 Å². The molecular weight excluding hydrogens is 396 g/mol. The molecule has 1 aliphatic heterocycles. The Hall–Kier alpha value is -2.65. The van der Waals surface area contributed by atoms with Crippen LogP contribution >= 0.6 is 11.6 Å². The van der Waals surface area contributed by atoms with Gasteiger partial charge in [0.05, 0.1) is 27.3 Å².